The van der Waals surface area contributed by atoms with E-state index in [-0.39, 0.29) is 40.4 Å². The Morgan fingerprint density at radius 1 is 1.06 bits per heavy atom. The first kappa shape index (κ1) is 31.4. The fourth-order valence-corrected chi connectivity index (χ4v) is 11.1. The molecule has 2 saturated carbocycles. The number of thiazole rings is 1. The number of likely N-dealkylation sites (tertiary alicyclic amines) is 1. The van der Waals surface area contributed by atoms with Gasteiger partial charge in [-0.2, -0.15) is 0 Å². The molecule has 3 fully saturated rings. The minimum atomic E-state index is -1.22. The van der Waals surface area contributed by atoms with Crippen molar-refractivity contribution in [2.24, 2.45) is 35.5 Å². The topological polar surface area (TPSA) is 155 Å². The first-order chi connectivity index (χ1) is 22.5. The van der Waals surface area contributed by atoms with Crippen LogP contribution in [-0.4, -0.2) is 63.7 Å². The average Bonchev–Trinajstić information content (AvgIpc) is 3.77. The smallest absolute Gasteiger partial charge is 0.327 e. The van der Waals surface area contributed by atoms with Crippen molar-refractivity contribution >= 4 is 52.5 Å². The van der Waals surface area contributed by atoms with Crippen molar-refractivity contribution < 1.29 is 38.1 Å². The van der Waals surface area contributed by atoms with Crippen LogP contribution >= 0.6 is 23.1 Å². The Labute approximate surface area is 276 Å². The highest BCUT2D eigenvalue weighted by molar-refractivity contribution is 8.00. The number of benzene rings is 2. The molecule has 1 aromatic heterocycles. The quantitative estimate of drug-likeness (QED) is 0.282. The zero-order chi connectivity index (χ0) is 33.3. The predicted octanol–water partition coefficient (Wildman–Crippen LogP) is 4.18. The molecule has 2 aliphatic heterocycles. The molecule has 7 rings (SSSR count). The van der Waals surface area contributed by atoms with Crippen molar-refractivity contribution in [1.82, 2.24) is 9.88 Å². The molecule has 0 radical (unpaired) electrons. The fraction of sp³-hybridized carbons (Fsp3) is 0.424. The highest BCUT2D eigenvalue weighted by atomic mass is 32.2. The van der Waals surface area contributed by atoms with Gasteiger partial charge in [-0.1, -0.05) is 31.3 Å². The van der Waals surface area contributed by atoms with Crippen LogP contribution in [0.15, 0.2) is 52.3 Å². The van der Waals surface area contributed by atoms with E-state index in [0.717, 1.165) is 31.7 Å². The lowest BCUT2D eigenvalue weighted by molar-refractivity contribution is -0.157. The lowest BCUT2D eigenvalue weighted by Crippen LogP contribution is -2.49. The van der Waals surface area contributed by atoms with E-state index in [9.17, 15) is 33.5 Å². The second-order valence-electron chi connectivity index (χ2n) is 12.8. The number of H-pyrrole nitrogens is 1. The van der Waals surface area contributed by atoms with Crippen LogP contribution in [0.3, 0.4) is 0 Å². The summed E-state index contributed by atoms with van der Waals surface area (Å²) in [5.74, 6) is -4.53. The molecule has 3 aromatic rings. The molecule has 14 heteroatoms. The number of carbonyl (C=O) groups excluding carboxylic acids is 3. The minimum Gasteiger partial charge on any atom is -0.493 e. The highest BCUT2D eigenvalue weighted by Gasteiger charge is 2.70. The number of nitrogens with zero attached hydrogens (tertiary/aromatic N) is 1. The number of hydrogen-bond acceptors (Lipinski definition) is 9. The van der Waals surface area contributed by atoms with Gasteiger partial charge >= 0.3 is 10.8 Å². The molecule has 1 saturated heterocycles. The Hall–Kier alpha value is -4.17. The van der Waals surface area contributed by atoms with Gasteiger partial charge in [0, 0.05) is 21.7 Å². The lowest BCUT2D eigenvalue weighted by atomic mass is 9.68. The van der Waals surface area contributed by atoms with Crippen LogP contribution in [0.25, 0.3) is 0 Å². The Bertz CT molecular complexity index is 1840. The number of halogens is 1. The number of thioether (sulfide) groups is 1. The van der Waals surface area contributed by atoms with Crippen molar-refractivity contribution in [3.8, 4) is 11.5 Å². The van der Waals surface area contributed by atoms with Gasteiger partial charge in [-0.15, -0.1) is 11.8 Å². The molecule has 11 nitrogen and oxygen atoms in total. The summed E-state index contributed by atoms with van der Waals surface area (Å²) < 4.78 is 24.7. The number of aromatic nitrogens is 1. The van der Waals surface area contributed by atoms with E-state index in [1.165, 1.54) is 31.4 Å². The van der Waals surface area contributed by atoms with Gasteiger partial charge in [-0.25, -0.2) is 9.18 Å². The van der Waals surface area contributed by atoms with E-state index in [2.05, 4.69) is 10.3 Å². The zero-order valence-electron chi connectivity index (χ0n) is 25.6. The molecule has 2 bridgehead atoms. The van der Waals surface area contributed by atoms with Gasteiger partial charge in [0.2, 0.25) is 11.8 Å². The summed E-state index contributed by atoms with van der Waals surface area (Å²) in [6.45, 7) is 3.07. The summed E-state index contributed by atoms with van der Waals surface area (Å²) >= 11 is 2.67. The summed E-state index contributed by atoms with van der Waals surface area (Å²) in [4.78, 5) is 69.6. The third-order valence-electron chi connectivity index (χ3n) is 9.95. The standard InChI is InChI=1S/C33H32FN3O8S2/c1-13(2)26(32(41)42)37-30(39)24-17-11-18(25(24)31(37)40)27-23(17)22(28-29(46-27)36-33(43)47-28)14-4-9-19(20(10-14)44-3)45-12-21(38)35-16-7-5-15(34)6-8-16/h4-10,13,17-18,22-27H,11-12H2,1-3H3,(H,35,38)(H,36,43)(H,41,42)/t17?,18?,22-,23?,24?,25?,26?,27?/m1/s1. The number of fused-ring (bicyclic) bond motifs is 9. The van der Waals surface area contributed by atoms with Crippen LogP contribution in [0.1, 0.15) is 36.6 Å². The zero-order valence-corrected chi connectivity index (χ0v) is 27.2. The lowest BCUT2D eigenvalue weighted by Gasteiger charge is -2.43. The maximum Gasteiger partial charge on any atom is 0.327 e. The monoisotopic (exact) mass is 681 g/mol. The van der Waals surface area contributed by atoms with Crippen LogP contribution < -0.4 is 19.7 Å². The molecule has 47 heavy (non-hydrogen) atoms. The number of carboxylic acids is 1. The van der Waals surface area contributed by atoms with Crippen molar-refractivity contribution in [3.05, 3.63) is 68.4 Å². The number of ether oxygens (including phenoxy) is 2. The number of imide groups is 1. The van der Waals surface area contributed by atoms with Gasteiger partial charge in [-0.3, -0.25) is 24.1 Å². The fourth-order valence-electron chi connectivity index (χ4n) is 8.25. The number of aromatic amines is 1. The second-order valence-corrected chi connectivity index (χ2v) is 15.0. The van der Waals surface area contributed by atoms with Crippen LogP contribution in [0.5, 0.6) is 11.5 Å². The Balaban J connectivity index is 1.18. The number of carboxylic acid groups (broad SMARTS) is 1. The second kappa shape index (κ2) is 11.8. The number of anilines is 1. The normalized spacial score (nSPS) is 27.8. The number of methoxy groups -OCH3 is 1. The number of hydrogen-bond donors (Lipinski definition) is 3. The Kier molecular flexibility index (Phi) is 7.90. The summed E-state index contributed by atoms with van der Waals surface area (Å²) in [5, 5.41) is 13.3. The maximum atomic E-state index is 13.9. The van der Waals surface area contributed by atoms with Crippen molar-refractivity contribution in [2.75, 3.05) is 19.0 Å². The highest BCUT2D eigenvalue weighted by Crippen LogP contribution is 2.68. The molecule has 2 aliphatic carbocycles. The number of aliphatic carboxylic acids is 1. The van der Waals surface area contributed by atoms with Crippen molar-refractivity contribution in [2.45, 2.75) is 42.5 Å². The Morgan fingerprint density at radius 3 is 2.43 bits per heavy atom. The van der Waals surface area contributed by atoms with E-state index >= 15 is 0 Å². The summed E-state index contributed by atoms with van der Waals surface area (Å²) in [7, 11) is 1.48. The van der Waals surface area contributed by atoms with E-state index in [1.807, 2.05) is 12.1 Å². The molecule has 3 heterocycles. The molecular weight excluding hydrogens is 650 g/mol. The van der Waals surface area contributed by atoms with Gasteiger partial charge in [0.05, 0.1) is 24.0 Å². The largest absolute Gasteiger partial charge is 0.493 e. The molecule has 246 valence electrons. The van der Waals surface area contributed by atoms with Crippen molar-refractivity contribution in [1.29, 1.82) is 0 Å². The molecule has 3 amide bonds. The van der Waals surface area contributed by atoms with Crippen LogP contribution in [0, 0.1) is 41.3 Å². The van der Waals surface area contributed by atoms with Crippen LogP contribution in [-0.2, 0) is 19.2 Å². The van der Waals surface area contributed by atoms with E-state index < -0.39 is 53.3 Å². The Morgan fingerprint density at radius 2 is 1.77 bits per heavy atom. The molecule has 2 aromatic carbocycles. The third kappa shape index (κ3) is 5.12. The minimum absolute atomic E-state index is 0.0693. The number of carbonyl (C=O) groups is 4. The van der Waals surface area contributed by atoms with Gasteiger partial charge < -0.3 is 24.9 Å². The molecule has 7 unspecified atom stereocenters. The van der Waals surface area contributed by atoms with Gasteiger partial charge in [-0.05, 0) is 72.1 Å². The van der Waals surface area contributed by atoms with Gasteiger partial charge in [0.15, 0.2) is 18.1 Å². The number of nitrogens with one attached hydrogen (secondary N) is 2. The SMILES string of the molecule is COc1cc([C@H]2c3sc(=O)[nH]c3SC3C4CC(C5C(=O)N(C(C(=O)O)C(C)C)C(=O)C45)C32)ccc1OCC(=O)Nc1ccc(F)cc1. The first-order valence-electron chi connectivity index (χ1n) is 15.3. The van der Waals surface area contributed by atoms with Gasteiger partial charge in [0.1, 0.15) is 11.9 Å². The van der Waals surface area contributed by atoms with E-state index in [4.69, 9.17) is 9.47 Å². The molecular formula is C33H32FN3O8S2. The van der Waals surface area contributed by atoms with E-state index in [0.29, 0.717) is 23.6 Å². The van der Waals surface area contributed by atoms with Gasteiger partial charge in [0.25, 0.3) is 5.91 Å². The number of rotatable bonds is 9. The summed E-state index contributed by atoms with van der Waals surface area (Å²) in [6, 6.07) is 9.52. The number of amides is 3. The van der Waals surface area contributed by atoms with E-state index in [1.54, 1.807) is 31.7 Å². The molecule has 3 N–H and O–H groups in total. The average molecular weight is 682 g/mol. The molecule has 4 aliphatic rings. The van der Waals surface area contributed by atoms with Crippen LogP contribution in [0.4, 0.5) is 10.1 Å². The molecule has 8 atom stereocenters. The van der Waals surface area contributed by atoms with Crippen molar-refractivity contribution in [3.63, 3.8) is 0 Å². The first-order valence-corrected chi connectivity index (χ1v) is 17.0. The third-order valence-corrected chi connectivity index (χ3v) is 12.5. The predicted molar refractivity (Wildman–Crippen MR) is 170 cm³/mol. The van der Waals surface area contributed by atoms with Crippen LogP contribution in [0.2, 0.25) is 0 Å². The summed E-state index contributed by atoms with van der Waals surface area (Å²) in [6.07, 6.45) is 0.666. The summed E-state index contributed by atoms with van der Waals surface area (Å²) in [5.41, 5.74) is 1.26. The molecule has 0 spiro atoms. The maximum absolute atomic E-state index is 13.9.